The van der Waals surface area contributed by atoms with Crippen LogP contribution in [-0.4, -0.2) is 10.6 Å². The van der Waals surface area contributed by atoms with Gasteiger partial charge >= 0.3 is 0 Å². The fraction of sp³-hybridized carbons (Fsp3) is 0.118. The van der Waals surface area contributed by atoms with Gasteiger partial charge in [-0.1, -0.05) is 176 Å². The Labute approximate surface area is 429 Å². The summed E-state index contributed by atoms with van der Waals surface area (Å²) in [5.41, 5.74) is 18.6. The lowest BCUT2D eigenvalue weighted by molar-refractivity contribution is 0.707. The summed E-state index contributed by atoms with van der Waals surface area (Å²) in [6.07, 6.45) is 27.3. The predicted octanol–water partition coefficient (Wildman–Crippen LogP) is 18.3. The van der Waals surface area contributed by atoms with Gasteiger partial charge in [-0.25, -0.2) is 0 Å². The van der Waals surface area contributed by atoms with Crippen LogP contribution < -0.4 is 9.80 Å². The monoisotopic (exact) mass is 947 g/mol. The van der Waals surface area contributed by atoms with Gasteiger partial charge in [0.25, 0.3) is 0 Å². The summed E-state index contributed by atoms with van der Waals surface area (Å²) in [6, 6.07) is 66.5. The fourth-order valence-corrected chi connectivity index (χ4v) is 12.3. The van der Waals surface area contributed by atoms with E-state index in [1.54, 1.807) is 0 Å². The molecule has 7 aromatic carbocycles. The number of aromatic nitrogens is 1. The molecule has 0 amide bonds. The number of fused-ring (bicyclic) bond motifs is 7. The second-order valence-corrected chi connectivity index (χ2v) is 20.4. The van der Waals surface area contributed by atoms with E-state index in [-0.39, 0.29) is 23.8 Å². The Bertz CT molecular complexity index is 3550. The lowest BCUT2D eigenvalue weighted by atomic mass is 9.80. The van der Waals surface area contributed by atoms with Crippen LogP contribution in [0.2, 0.25) is 0 Å². The third-order valence-electron chi connectivity index (χ3n) is 14.9. The van der Waals surface area contributed by atoms with Crippen LogP contribution in [0.3, 0.4) is 0 Å². The Morgan fingerprint density at radius 3 is 2.18 bits per heavy atom. The first kappa shape index (κ1) is 45.1. The van der Waals surface area contributed by atoms with Crippen LogP contribution >= 0.6 is 11.8 Å². The first-order chi connectivity index (χ1) is 35.5. The minimum Gasteiger partial charge on any atom is -0.333 e. The van der Waals surface area contributed by atoms with E-state index in [0.29, 0.717) is 0 Å². The van der Waals surface area contributed by atoms with Gasteiger partial charge in [0.05, 0.1) is 22.9 Å². The topological polar surface area (TPSA) is 11.4 Å². The van der Waals surface area contributed by atoms with E-state index in [2.05, 4.69) is 277 Å². The van der Waals surface area contributed by atoms with Crippen LogP contribution in [0.1, 0.15) is 72.0 Å². The average Bonchev–Trinajstić information content (AvgIpc) is 3.95. The molecular weight excluding hydrogens is 891 g/mol. The number of allylic oxidation sites excluding steroid dienone is 9. The molecular formula is C68H57N3S. The third-order valence-corrected chi connectivity index (χ3v) is 16.0. The molecule has 0 saturated carbocycles. The Morgan fingerprint density at radius 2 is 1.40 bits per heavy atom. The second-order valence-electron chi connectivity index (χ2n) is 19.3. The molecule has 8 aromatic rings. The lowest BCUT2D eigenvalue weighted by Gasteiger charge is -2.32. The molecule has 2 aliphatic heterocycles. The summed E-state index contributed by atoms with van der Waals surface area (Å²) in [7, 11) is 0. The molecule has 12 rings (SSSR count). The Balaban J connectivity index is 0.828. The van der Waals surface area contributed by atoms with Gasteiger partial charge in [-0.15, -0.1) is 0 Å². The molecule has 3 nitrogen and oxygen atoms in total. The molecule has 0 saturated heterocycles. The van der Waals surface area contributed by atoms with Gasteiger partial charge in [0.15, 0.2) is 0 Å². The minimum absolute atomic E-state index is 0.150. The lowest BCUT2D eigenvalue weighted by Crippen LogP contribution is -2.29. The van der Waals surface area contributed by atoms with Gasteiger partial charge in [0.2, 0.25) is 0 Å². The van der Waals surface area contributed by atoms with Crippen LogP contribution in [-0.2, 0) is 0 Å². The molecule has 0 radical (unpaired) electrons. The Morgan fingerprint density at radius 1 is 0.694 bits per heavy atom. The van der Waals surface area contributed by atoms with Crippen LogP contribution in [0.4, 0.5) is 22.7 Å². The van der Waals surface area contributed by atoms with Crippen LogP contribution in [0, 0.1) is 5.92 Å². The summed E-state index contributed by atoms with van der Waals surface area (Å²) < 4.78 is 2.43. The maximum absolute atomic E-state index is 4.85. The molecule has 4 atom stereocenters. The van der Waals surface area contributed by atoms with E-state index in [9.17, 15) is 0 Å². The van der Waals surface area contributed by atoms with Gasteiger partial charge in [0.1, 0.15) is 0 Å². The van der Waals surface area contributed by atoms with Crippen molar-refractivity contribution in [1.82, 2.24) is 4.57 Å². The van der Waals surface area contributed by atoms with E-state index in [1.807, 2.05) is 11.8 Å². The van der Waals surface area contributed by atoms with E-state index in [4.69, 9.17) is 6.58 Å². The van der Waals surface area contributed by atoms with Gasteiger partial charge in [-0.2, -0.15) is 0 Å². The predicted molar refractivity (Wildman–Crippen MR) is 308 cm³/mol. The Hall–Kier alpha value is -8.05. The molecule has 350 valence electrons. The highest BCUT2D eigenvalue weighted by molar-refractivity contribution is 8.03. The highest BCUT2D eigenvalue weighted by atomic mass is 32.2. The quantitative estimate of drug-likeness (QED) is 0.100. The summed E-state index contributed by atoms with van der Waals surface area (Å²) >= 11 is 1.82. The smallest absolute Gasteiger partial charge is 0.0629 e. The third kappa shape index (κ3) is 8.46. The van der Waals surface area contributed by atoms with Crippen molar-refractivity contribution in [3.05, 3.63) is 293 Å². The zero-order chi connectivity index (χ0) is 48.5. The number of benzene rings is 7. The van der Waals surface area contributed by atoms with Crippen molar-refractivity contribution >= 4 is 63.1 Å². The second kappa shape index (κ2) is 19.6. The normalized spacial score (nSPS) is 19.9. The van der Waals surface area contributed by atoms with E-state index in [0.717, 1.165) is 35.4 Å². The number of anilines is 4. The molecule has 4 unspecified atom stereocenters. The SMILES string of the molecule is C=C1CC(C2=CC3c4ccccc4N(c4ccccc4)C3C=C2)/C=C\N(c2ccccc2)c2ccc(C=C(C)/C(=C\C=C/C)Sc3ccc(C4CC=Cc5c4c4ccccc4n5-c4ccccc4)cc3)cc21. The van der Waals surface area contributed by atoms with Crippen molar-refractivity contribution in [3.8, 4) is 5.69 Å². The molecule has 4 heteroatoms. The number of hydrogen-bond acceptors (Lipinski definition) is 3. The molecule has 2 aliphatic carbocycles. The minimum atomic E-state index is 0.150. The van der Waals surface area contributed by atoms with E-state index < -0.39 is 0 Å². The zero-order valence-electron chi connectivity index (χ0n) is 40.9. The van der Waals surface area contributed by atoms with Crippen molar-refractivity contribution in [2.24, 2.45) is 5.92 Å². The molecule has 3 heterocycles. The van der Waals surface area contributed by atoms with Gasteiger partial charge < -0.3 is 14.4 Å². The zero-order valence-corrected chi connectivity index (χ0v) is 41.7. The Kier molecular flexibility index (Phi) is 12.3. The maximum Gasteiger partial charge on any atom is 0.0629 e. The maximum atomic E-state index is 4.85. The molecule has 1 aromatic heterocycles. The van der Waals surface area contributed by atoms with E-state index >= 15 is 0 Å². The number of para-hydroxylation sites is 5. The number of hydrogen-bond donors (Lipinski definition) is 0. The van der Waals surface area contributed by atoms with Crippen molar-refractivity contribution in [2.75, 3.05) is 9.80 Å². The molecule has 0 spiro atoms. The summed E-state index contributed by atoms with van der Waals surface area (Å²) in [5, 5.41) is 1.32. The largest absolute Gasteiger partial charge is 0.333 e. The summed E-state index contributed by atoms with van der Waals surface area (Å²) in [5.74, 6) is 0.675. The van der Waals surface area contributed by atoms with Crippen molar-refractivity contribution in [2.45, 2.75) is 49.5 Å². The number of nitrogens with zero attached hydrogens (tertiary/aromatic N) is 3. The average molecular weight is 948 g/mol. The van der Waals surface area contributed by atoms with Gasteiger partial charge in [0, 0.05) is 67.5 Å². The van der Waals surface area contributed by atoms with Crippen LogP contribution in [0.25, 0.3) is 34.3 Å². The van der Waals surface area contributed by atoms with E-state index in [1.165, 1.54) is 76.9 Å². The fourth-order valence-electron chi connectivity index (χ4n) is 11.5. The number of rotatable bonds is 10. The first-order valence-corrected chi connectivity index (χ1v) is 26.1. The molecule has 0 N–H and O–H groups in total. The highest BCUT2D eigenvalue weighted by Crippen LogP contribution is 2.50. The first-order valence-electron chi connectivity index (χ1n) is 25.3. The highest BCUT2D eigenvalue weighted by Gasteiger charge is 2.39. The van der Waals surface area contributed by atoms with Crippen LogP contribution in [0.5, 0.6) is 0 Å². The van der Waals surface area contributed by atoms with Crippen molar-refractivity contribution < 1.29 is 0 Å². The molecule has 0 bridgehead atoms. The van der Waals surface area contributed by atoms with Crippen molar-refractivity contribution in [3.63, 3.8) is 0 Å². The van der Waals surface area contributed by atoms with Crippen LogP contribution in [0.15, 0.2) is 264 Å². The number of thioether (sulfide) groups is 1. The summed E-state index contributed by atoms with van der Waals surface area (Å²) in [4.78, 5) is 7.27. The molecule has 0 fully saturated rings. The molecule has 4 aliphatic rings. The van der Waals surface area contributed by atoms with Crippen molar-refractivity contribution in [1.29, 1.82) is 0 Å². The summed E-state index contributed by atoms with van der Waals surface area (Å²) in [6.45, 7) is 9.17. The van der Waals surface area contributed by atoms with Gasteiger partial charge in [-0.05, 0) is 151 Å². The standard InChI is InChI=1S/C68H57N3S/c1-4-5-32-67(72-56-37-34-50(35-38-56)57-28-19-31-66-68(57)59-27-16-18-30-64(59)71(66)55-24-13-8-14-25-55)48(3)43-49-33-39-62-60(45-49)47(2)44-52(41-42-69(62)53-20-9-6-10-21-53)51-36-40-65-61(46-51)58-26-15-17-29-63(58)70(65)54-22-11-7-12-23-54/h4-27,29-43,45-46,52,57,61,65H,2,28,44H2,1,3H3/b5-4-,42-41-,48-43?,67-32+. The molecule has 72 heavy (non-hydrogen) atoms. The van der Waals surface area contributed by atoms with Gasteiger partial charge in [-0.3, -0.25) is 0 Å².